The summed E-state index contributed by atoms with van der Waals surface area (Å²) in [5.74, 6) is -0.0378. The number of primary amides is 1. The highest BCUT2D eigenvalue weighted by Gasteiger charge is 2.42. The first kappa shape index (κ1) is 19.8. The molecule has 1 aromatic carbocycles. The van der Waals surface area contributed by atoms with Crippen molar-refractivity contribution >= 4 is 11.8 Å². The molecular weight excluding hydrogens is 342 g/mol. The molecule has 2 heterocycles. The number of carbonyl (C=O) groups excluding carboxylic acids is 2. The van der Waals surface area contributed by atoms with Gasteiger partial charge in [-0.25, -0.2) is 0 Å². The molecule has 2 saturated heterocycles. The van der Waals surface area contributed by atoms with Crippen LogP contribution in [0.4, 0.5) is 0 Å². The predicted molar refractivity (Wildman–Crippen MR) is 104 cm³/mol. The van der Waals surface area contributed by atoms with Crippen molar-refractivity contribution in [1.29, 1.82) is 0 Å². The Morgan fingerprint density at radius 3 is 2.52 bits per heavy atom. The highest BCUT2D eigenvalue weighted by Crippen LogP contribution is 2.45. The van der Waals surface area contributed by atoms with Gasteiger partial charge in [0.2, 0.25) is 11.8 Å². The van der Waals surface area contributed by atoms with E-state index in [2.05, 4.69) is 42.2 Å². The van der Waals surface area contributed by atoms with Crippen LogP contribution in [0, 0.1) is 5.41 Å². The van der Waals surface area contributed by atoms with Crippen molar-refractivity contribution in [3.8, 4) is 0 Å². The van der Waals surface area contributed by atoms with E-state index in [1.807, 2.05) is 4.90 Å². The van der Waals surface area contributed by atoms with Crippen LogP contribution in [-0.2, 0) is 14.3 Å². The standard InChI is InChI=1S/C21H31N3O3/c1-2-23-13-18(17-6-4-3-5-7-17)12-21(16-23)8-10-24(11-9-21)20(26)15-27-14-19(22)25/h3-7,18H,2,8-16H2,1H3,(H2,22,25). The maximum absolute atomic E-state index is 12.3. The van der Waals surface area contributed by atoms with Crippen LogP contribution in [0.2, 0.25) is 0 Å². The van der Waals surface area contributed by atoms with Gasteiger partial charge in [-0.05, 0) is 42.7 Å². The molecule has 6 nitrogen and oxygen atoms in total. The van der Waals surface area contributed by atoms with Gasteiger partial charge in [-0.1, -0.05) is 37.3 Å². The van der Waals surface area contributed by atoms with E-state index in [1.165, 1.54) is 12.0 Å². The summed E-state index contributed by atoms with van der Waals surface area (Å²) in [6.07, 6.45) is 3.23. The Balaban J connectivity index is 1.59. The van der Waals surface area contributed by atoms with E-state index in [9.17, 15) is 9.59 Å². The van der Waals surface area contributed by atoms with Gasteiger partial charge in [0.25, 0.3) is 0 Å². The molecule has 0 radical (unpaired) electrons. The average molecular weight is 373 g/mol. The Bertz CT molecular complexity index is 641. The molecule has 2 aliphatic rings. The summed E-state index contributed by atoms with van der Waals surface area (Å²) >= 11 is 0. The van der Waals surface area contributed by atoms with Crippen LogP contribution in [-0.4, -0.2) is 67.6 Å². The number of likely N-dealkylation sites (tertiary alicyclic amines) is 2. The van der Waals surface area contributed by atoms with Crippen molar-refractivity contribution in [2.45, 2.75) is 32.1 Å². The predicted octanol–water partition coefficient (Wildman–Crippen LogP) is 1.61. The van der Waals surface area contributed by atoms with Crippen LogP contribution in [0.1, 0.15) is 37.7 Å². The lowest BCUT2D eigenvalue weighted by atomic mass is 9.68. The minimum atomic E-state index is -0.547. The van der Waals surface area contributed by atoms with Crippen molar-refractivity contribution in [3.63, 3.8) is 0 Å². The molecular formula is C21H31N3O3. The number of nitrogens with zero attached hydrogens (tertiary/aromatic N) is 2. The van der Waals surface area contributed by atoms with Crippen molar-refractivity contribution in [2.24, 2.45) is 11.1 Å². The molecule has 2 aliphatic heterocycles. The number of ether oxygens (including phenoxy) is 1. The number of hydrogen-bond acceptors (Lipinski definition) is 4. The van der Waals surface area contributed by atoms with Crippen molar-refractivity contribution < 1.29 is 14.3 Å². The minimum Gasteiger partial charge on any atom is -0.368 e. The number of nitrogens with two attached hydrogens (primary N) is 1. The van der Waals surface area contributed by atoms with Gasteiger partial charge in [0.05, 0.1) is 0 Å². The molecule has 0 aromatic heterocycles. The van der Waals surface area contributed by atoms with E-state index in [-0.39, 0.29) is 24.5 Å². The zero-order valence-corrected chi connectivity index (χ0v) is 16.2. The van der Waals surface area contributed by atoms with E-state index in [4.69, 9.17) is 10.5 Å². The maximum Gasteiger partial charge on any atom is 0.248 e. The molecule has 1 atom stereocenters. The first-order valence-electron chi connectivity index (χ1n) is 9.92. The fraction of sp³-hybridized carbons (Fsp3) is 0.619. The highest BCUT2D eigenvalue weighted by atomic mass is 16.5. The van der Waals surface area contributed by atoms with E-state index in [0.717, 1.165) is 45.6 Å². The van der Waals surface area contributed by atoms with Crippen LogP contribution >= 0.6 is 0 Å². The molecule has 1 unspecified atom stereocenters. The topological polar surface area (TPSA) is 75.9 Å². The van der Waals surface area contributed by atoms with Crippen molar-refractivity contribution in [1.82, 2.24) is 9.80 Å². The van der Waals surface area contributed by atoms with E-state index in [0.29, 0.717) is 5.92 Å². The molecule has 2 fully saturated rings. The number of rotatable bonds is 6. The van der Waals surface area contributed by atoms with Gasteiger partial charge in [-0.15, -0.1) is 0 Å². The molecule has 1 spiro atoms. The third-order valence-electron chi connectivity index (χ3n) is 6.08. The smallest absolute Gasteiger partial charge is 0.248 e. The number of likely N-dealkylation sites (N-methyl/N-ethyl adjacent to an activating group) is 1. The van der Waals surface area contributed by atoms with Gasteiger partial charge in [0, 0.05) is 26.2 Å². The summed E-state index contributed by atoms with van der Waals surface area (Å²) in [5.41, 5.74) is 6.75. The third-order valence-corrected chi connectivity index (χ3v) is 6.08. The molecule has 148 valence electrons. The summed E-state index contributed by atoms with van der Waals surface area (Å²) in [5, 5.41) is 0. The molecule has 0 bridgehead atoms. The maximum atomic E-state index is 12.3. The zero-order chi connectivity index (χ0) is 19.3. The van der Waals surface area contributed by atoms with Crippen LogP contribution in [0.15, 0.2) is 30.3 Å². The summed E-state index contributed by atoms with van der Waals surface area (Å²) in [7, 11) is 0. The largest absolute Gasteiger partial charge is 0.368 e. The second-order valence-electron chi connectivity index (χ2n) is 7.98. The van der Waals surface area contributed by atoms with Crippen LogP contribution in [0.25, 0.3) is 0 Å². The summed E-state index contributed by atoms with van der Waals surface area (Å²) in [6.45, 7) is 6.79. The van der Waals surface area contributed by atoms with Gasteiger partial charge in [-0.3, -0.25) is 9.59 Å². The van der Waals surface area contributed by atoms with E-state index >= 15 is 0 Å². The lowest BCUT2D eigenvalue weighted by molar-refractivity contribution is -0.140. The molecule has 0 aliphatic carbocycles. The summed E-state index contributed by atoms with van der Waals surface area (Å²) in [4.78, 5) is 27.5. The number of benzene rings is 1. The highest BCUT2D eigenvalue weighted by molar-refractivity contribution is 5.79. The fourth-order valence-electron chi connectivity index (χ4n) is 4.61. The molecule has 1 aromatic rings. The second-order valence-corrected chi connectivity index (χ2v) is 7.98. The Morgan fingerprint density at radius 2 is 1.89 bits per heavy atom. The summed E-state index contributed by atoms with van der Waals surface area (Å²) in [6, 6.07) is 10.8. The number of piperidine rings is 2. The lowest BCUT2D eigenvalue weighted by Gasteiger charge is -2.50. The molecule has 2 amide bonds. The lowest BCUT2D eigenvalue weighted by Crippen LogP contribution is -2.52. The van der Waals surface area contributed by atoms with Crippen LogP contribution < -0.4 is 5.73 Å². The van der Waals surface area contributed by atoms with Crippen molar-refractivity contribution in [2.75, 3.05) is 45.9 Å². The number of carbonyl (C=O) groups is 2. The number of hydrogen-bond donors (Lipinski definition) is 1. The quantitative estimate of drug-likeness (QED) is 0.822. The number of amides is 2. The van der Waals surface area contributed by atoms with Gasteiger partial charge in [0.15, 0.2) is 0 Å². The molecule has 27 heavy (non-hydrogen) atoms. The zero-order valence-electron chi connectivity index (χ0n) is 16.2. The van der Waals surface area contributed by atoms with Gasteiger partial charge >= 0.3 is 0 Å². The monoisotopic (exact) mass is 373 g/mol. The third kappa shape index (κ3) is 5.08. The Kier molecular flexibility index (Phi) is 6.50. The van der Waals surface area contributed by atoms with Crippen LogP contribution in [0.5, 0.6) is 0 Å². The Hall–Kier alpha value is -1.92. The Morgan fingerprint density at radius 1 is 1.19 bits per heavy atom. The first-order chi connectivity index (χ1) is 13.0. The molecule has 3 rings (SSSR count). The normalized spacial score (nSPS) is 22.7. The molecule has 2 N–H and O–H groups in total. The van der Waals surface area contributed by atoms with Crippen LogP contribution in [0.3, 0.4) is 0 Å². The SMILES string of the molecule is CCN1CC(c2ccccc2)CC2(CCN(C(=O)COCC(N)=O)CC2)C1. The van der Waals surface area contributed by atoms with Gasteiger partial charge in [-0.2, -0.15) is 0 Å². The van der Waals surface area contributed by atoms with Gasteiger partial charge < -0.3 is 20.3 Å². The fourth-order valence-corrected chi connectivity index (χ4v) is 4.61. The summed E-state index contributed by atoms with van der Waals surface area (Å²) < 4.78 is 5.08. The van der Waals surface area contributed by atoms with E-state index < -0.39 is 5.91 Å². The first-order valence-corrected chi connectivity index (χ1v) is 9.92. The minimum absolute atomic E-state index is 0.0473. The van der Waals surface area contributed by atoms with Crippen molar-refractivity contribution in [3.05, 3.63) is 35.9 Å². The Labute approximate surface area is 161 Å². The van der Waals surface area contributed by atoms with Gasteiger partial charge in [0.1, 0.15) is 13.2 Å². The molecule has 0 saturated carbocycles. The second kappa shape index (κ2) is 8.85. The average Bonchev–Trinajstić information content (AvgIpc) is 2.68. The van der Waals surface area contributed by atoms with E-state index in [1.54, 1.807) is 0 Å². The molecule has 6 heteroatoms.